The minimum atomic E-state index is -0.426. The number of hydrogen-bond acceptors (Lipinski definition) is 4. The van der Waals surface area contributed by atoms with Crippen LogP contribution < -0.4 is 10.2 Å². The smallest absolute Gasteiger partial charge is 0.251 e. The highest BCUT2D eigenvalue weighted by Crippen LogP contribution is 2.23. The first-order valence-corrected chi connectivity index (χ1v) is 8.04. The number of carbonyl (C=O) groups is 3. The van der Waals surface area contributed by atoms with Gasteiger partial charge in [0.05, 0.1) is 0 Å². The van der Waals surface area contributed by atoms with Gasteiger partial charge >= 0.3 is 0 Å². The van der Waals surface area contributed by atoms with E-state index in [1.807, 2.05) is 0 Å². The summed E-state index contributed by atoms with van der Waals surface area (Å²) in [6.07, 6.45) is 7.49. The number of amides is 3. The van der Waals surface area contributed by atoms with Crippen LogP contribution in [0.5, 0.6) is 0 Å². The first kappa shape index (κ1) is 17.1. The van der Waals surface area contributed by atoms with Gasteiger partial charge in [-0.2, -0.15) is 0 Å². The number of nitrogens with one attached hydrogen (secondary N) is 1. The lowest BCUT2D eigenvalue weighted by atomic mass is 9.89. The van der Waals surface area contributed by atoms with E-state index < -0.39 is 11.8 Å². The van der Waals surface area contributed by atoms with Gasteiger partial charge in [-0.25, -0.2) is 9.88 Å². The fourth-order valence-electron chi connectivity index (χ4n) is 2.96. The number of carbonyl (C=O) groups excluding carboxylic acids is 3. The number of aromatic nitrogens is 1. The highest BCUT2D eigenvalue weighted by Gasteiger charge is 2.19. The molecule has 1 aliphatic carbocycles. The van der Waals surface area contributed by atoms with E-state index in [0.29, 0.717) is 18.0 Å². The van der Waals surface area contributed by atoms with Gasteiger partial charge in [0.1, 0.15) is 5.82 Å². The van der Waals surface area contributed by atoms with Crippen LogP contribution in [0.15, 0.2) is 18.3 Å². The van der Waals surface area contributed by atoms with Gasteiger partial charge < -0.3 is 5.32 Å². The largest absolute Gasteiger partial charge is 0.352 e. The van der Waals surface area contributed by atoms with E-state index in [9.17, 15) is 14.4 Å². The fraction of sp³-hybridized carbons (Fsp3) is 0.529. The lowest BCUT2D eigenvalue weighted by Crippen LogP contribution is -2.34. The molecule has 0 unspecified atom stereocenters. The van der Waals surface area contributed by atoms with E-state index in [2.05, 4.69) is 10.3 Å². The maximum absolute atomic E-state index is 12.3. The Hall–Kier alpha value is -2.24. The Morgan fingerprint density at radius 3 is 2.43 bits per heavy atom. The molecule has 6 nitrogen and oxygen atoms in total. The molecule has 1 aromatic heterocycles. The lowest BCUT2D eigenvalue weighted by Gasteiger charge is -2.22. The summed E-state index contributed by atoms with van der Waals surface area (Å²) >= 11 is 0. The summed E-state index contributed by atoms with van der Waals surface area (Å²) in [5.74, 6) is -0.337. The van der Waals surface area contributed by atoms with Crippen LogP contribution in [0.3, 0.4) is 0 Å². The van der Waals surface area contributed by atoms with Crippen LogP contribution in [0, 0.1) is 5.92 Å². The summed E-state index contributed by atoms with van der Waals surface area (Å²) in [6, 6.07) is 3.05. The van der Waals surface area contributed by atoms with Crippen LogP contribution in [-0.2, 0) is 9.59 Å². The number of anilines is 1. The molecule has 1 N–H and O–H groups in total. The molecule has 1 aliphatic rings. The molecule has 0 atom stereocenters. The molecule has 1 fully saturated rings. The van der Waals surface area contributed by atoms with Gasteiger partial charge in [-0.05, 0) is 30.9 Å². The molecule has 1 aromatic rings. The Balaban J connectivity index is 2.04. The third-order valence-electron chi connectivity index (χ3n) is 4.14. The topological polar surface area (TPSA) is 79.4 Å². The van der Waals surface area contributed by atoms with E-state index >= 15 is 0 Å². The molecule has 3 amide bonds. The first-order chi connectivity index (χ1) is 11.0. The van der Waals surface area contributed by atoms with Crippen LogP contribution in [-0.4, -0.2) is 29.3 Å². The minimum absolute atomic E-state index is 0.176. The third-order valence-corrected chi connectivity index (χ3v) is 4.14. The van der Waals surface area contributed by atoms with Crippen molar-refractivity contribution in [2.24, 2.45) is 5.92 Å². The summed E-state index contributed by atoms with van der Waals surface area (Å²) in [5.41, 5.74) is 0.401. The molecule has 6 heteroatoms. The normalized spacial score (nSPS) is 15.0. The minimum Gasteiger partial charge on any atom is -0.352 e. The Morgan fingerprint density at radius 1 is 1.17 bits per heavy atom. The molecule has 1 heterocycles. The van der Waals surface area contributed by atoms with Crippen molar-refractivity contribution in [3.63, 3.8) is 0 Å². The highest BCUT2D eigenvalue weighted by molar-refractivity contribution is 6.12. The molecule has 0 bridgehead atoms. The van der Waals surface area contributed by atoms with Crippen molar-refractivity contribution in [1.82, 2.24) is 10.3 Å². The molecule has 0 aromatic carbocycles. The maximum atomic E-state index is 12.3. The highest BCUT2D eigenvalue weighted by atomic mass is 16.2. The number of pyridine rings is 1. The van der Waals surface area contributed by atoms with Gasteiger partial charge in [-0.3, -0.25) is 14.4 Å². The van der Waals surface area contributed by atoms with Crippen molar-refractivity contribution >= 4 is 23.5 Å². The Labute approximate surface area is 136 Å². The van der Waals surface area contributed by atoms with Gasteiger partial charge in [0.25, 0.3) is 5.91 Å². The fourth-order valence-corrected chi connectivity index (χ4v) is 2.96. The molecule has 1 saturated carbocycles. The maximum Gasteiger partial charge on any atom is 0.251 e. The second-order valence-corrected chi connectivity index (χ2v) is 5.99. The van der Waals surface area contributed by atoms with Gasteiger partial charge in [0, 0.05) is 32.2 Å². The molecular formula is C17H23N3O3. The standard InChI is InChI=1S/C17H23N3O3/c1-12(21)20(13(2)22)16-10-15(8-9-18-16)17(23)19-11-14-6-4-3-5-7-14/h8-10,14H,3-7,11H2,1-2H3,(H,19,23). The summed E-state index contributed by atoms with van der Waals surface area (Å²) in [4.78, 5) is 40.4. The Morgan fingerprint density at radius 2 is 1.83 bits per heavy atom. The molecule has 0 aliphatic heterocycles. The quantitative estimate of drug-likeness (QED) is 0.924. The Kier molecular flexibility index (Phi) is 5.84. The van der Waals surface area contributed by atoms with Crippen LogP contribution >= 0.6 is 0 Å². The summed E-state index contributed by atoms with van der Waals surface area (Å²) in [7, 11) is 0. The second-order valence-electron chi connectivity index (χ2n) is 5.99. The van der Waals surface area contributed by atoms with E-state index in [4.69, 9.17) is 0 Å². The number of rotatable bonds is 4. The van der Waals surface area contributed by atoms with Crippen molar-refractivity contribution in [3.05, 3.63) is 23.9 Å². The average molecular weight is 317 g/mol. The molecule has 0 radical (unpaired) electrons. The number of hydrogen-bond donors (Lipinski definition) is 1. The predicted molar refractivity (Wildman–Crippen MR) is 87.0 cm³/mol. The number of nitrogens with zero attached hydrogens (tertiary/aromatic N) is 2. The average Bonchev–Trinajstić information content (AvgIpc) is 2.53. The van der Waals surface area contributed by atoms with Crippen LogP contribution in [0.2, 0.25) is 0 Å². The van der Waals surface area contributed by atoms with E-state index in [0.717, 1.165) is 17.7 Å². The molecule has 124 valence electrons. The van der Waals surface area contributed by atoms with Crippen molar-refractivity contribution in [2.75, 3.05) is 11.4 Å². The zero-order valence-corrected chi connectivity index (χ0v) is 13.7. The predicted octanol–water partition coefficient (Wildman–Crippen LogP) is 2.29. The van der Waals surface area contributed by atoms with Gasteiger partial charge in [0.2, 0.25) is 11.8 Å². The lowest BCUT2D eigenvalue weighted by molar-refractivity contribution is -0.124. The summed E-state index contributed by atoms with van der Waals surface area (Å²) in [6.45, 7) is 3.25. The summed E-state index contributed by atoms with van der Waals surface area (Å²) < 4.78 is 0. The third kappa shape index (κ3) is 4.61. The first-order valence-electron chi connectivity index (χ1n) is 8.04. The van der Waals surface area contributed by atoms with Crippen molar-refractivity contribution < 1.29 is 14.4 Å². The zero-order chi connectivity index (χ0) is 16.8. The van der Waals surface area contributed by atoms with Crippen molar-refractivity contribution in [1.29, 1.82) is 0 Å². The molecule has 0 spiro atoms. The van der Waals surface area contributed by atoms with Crippen molar-refractivity contribution in [2.45, 2.75) is 46.0 Å². The molecule has 2 rings (SSSR count). The zero-order valence-electron chi connectivity index (χ0n) is 13.7. The van der Waals surface area contributed by atoms with Gasteiger partial charge in [-0.15, -0.1) is 0 Å². The molecule has 23 heavy (non-hydrogen) atoms. The van der Waals surface area contributed by atoms with Crippen LogP contribution in [0.4, 0.5) is 5.82 Å². The molecule has 0 saturated heterocycles. The van der Waals surface area contributed by atoms with E-state index in [1.54, 1.807) is 6.07 Å². The van der Waals surface area contributed by atoms with E-state index in [1.165, 1.54) is 45.4 Å². The molecular weight excluding hydrogens is 294 g/mol. The van der Waals surface area contributed by atoms with E-state index in [-0.39, 0.29) is 11.7 Å². The summed E-state index contributed by atoms with van der Waals surface area (Å²) in [5, 5.41) is 2.94. The Bertz CT molecular complexity index is 581. The van der Waals surface area contributed by atoms with Crippen molar-refractivity contribution in [3.8, 4) is 0 Å². The van der Waals surface area contributed by atoms with Crippen LogP contribution in [0.25, 0.3) is 0 Å². The number of imide groups is 1. The monoisotopic (exact) mass is 317 g/mol. The van der Waals surface area contributed by atoms with Gasteiger partial charge in [0.15, 0.2) is 0 Å². The van der Waals surface area contributed by atoms with Gasteiger partial charge in [-0.1, -0.05) is 19.3 Å². The SMILES string of the molecule is CC(=O)N(C(C)=O)c1cc(C(=O)NCC2CCCCC2)ccn1. The second kappa shape index (κ2) is 7.85. The van der Waals surface area contributed by atoms with Crippen LogP contribution in [0.1, 0.15) is 56.3 Å².